The number of aromatic nitrogens is 5. The van der Waals surface area contributed by atoms with Crippen LogP contribution >= 0.6 is 0 Å². The van der Waals surface area contributed by atoms with Gasteiger partial charge in [0.05, 0.1) is 30.4 Å². The number of hydrogen-bond acceptors (Lipinski definition) is 6. The number of anilines is 3. The highest BCUT2D eigenvalue weighted by Gasteiger charge is 2.13. The molecule has 8 nitrogen and oxygen atoms in total. The van der Waals surface area contributed by atoms with E-state index < -0.39 is 0 Å². The molecule has 0 aliphatic carbocycles. The molecule has 8 heteroatoms. The Labute approximate surface area is 178 Å². The van der Waals surface area contributed by atoms with Crippen LogP contribution in [0.2, 0.25) is 0 Å². The fourth-order valence-electron chi connectivity index (χ4n) is 3.95. The number of H-pyrrole nitrogens is 2. The fourth-order valence-corrected chi connectivity index (χ4v) is 3.95. The predicted molar refractivity (Wildman–Crippen MR) is 122 cm³/mol. The second kappa shape index (κ2) is 7.41. The molecule has 5 aromatic rings. The maximum atomic E-state index is 5.45. The zero-order valence-electron chi connectivity index (χ0n) is 16.8. The molecule has 0 spiro atoms. The molecular formula is C23H21N7O. The average molecular weight is 411 g/mol. The van der Waals surface area contributed by atoms with E-state index in [1.165, 1.54) is 5.69 Å². The number of rotatable bonds is 4. The smallest absolute Gasteiger partial charge is 0.162 e. The van der Waals surface area contributed by atoms with Gasteiger partial charge in [-0.25, -0.2) is 9.97 Å². The molecule has 3 aromatic heterocycles. The van der Waals surface area contributed by atoms with Crippen LogP contribution in [-0.2, 0) is 4.74 Å². The van der Waals surface area contributed by atoms with E-state index in [4.69, 9.17) is 14.7 Å². The van der Waals surface area contributed by atoms with Gasteiger partial charge < -0.3 is 19.9 Å². The van der Waals surface area contributed by atoms with Crippen molar-refractivity contribution in [3.8, 4) is 11.4 Å². The van der Waals surface area contributed by atoms with Gasteiger partial charge in [0.15, 0.2) is 11.6 Å². The van der Waals surface area contributed by atoms with Crippen LogP contribution in [0.5, 0.6) is 0 Å². The number of nitrogens with zero attached hydrogens (tertiary/aromatic N) is 4. The molecule has 31 heavy (non-hydrogen) atoms. The first-order chi connectivity index (χ1) is 15.3. The summed E-state index contributed by atoms with van der Waals surface area (Å²) >= 11 is 0. The van der Waals surface area contributed by atoms with Crippen molar-refractivity contribution in [3.05, 3.63) is 60.9 Å². The first-order valence-electron chi connectivity index (χ1n) is 10.3. The molecule has 1 aliphatic rings. The van der Waals surface area contributed by atoms with Crippen LogP contribution in [0.3, 0.4) is 0 Å². The molecule has 154 valence electrons. The van der Waals surface area contributed by atoms with E-state index in [0.29, 0.717) is 5.82 Å². The number of hydrogen-bond donors (Lipinski definition) is 3. The Balaban J connectivity index is 1.33. The molecule has 2 aromatic carbocycles. The lowest BCUT2D eigenvalue weighted by atomic mass is 10.1. The van der Waals surface area contributed by atoms with Gasteiger partial charge >= 0.3 is 0 Å². The maximum Gasteiger partial charge on any atom is 0.162 e. The van der Waals surface area contributed by atoms with Crippen molar-refractivity contribution in [2.75, 3.05) is 36.5 Å². The molecule has 0 bridgehead atoms. The summed E-state index contributed by atoms with van der Waals surface area (Å²) in [5.41, 5.74) is 5.82. The fraction of sp³-hybridized carbons (Fsp3) is 0.174. The Morgan fingerprint density at radius 3 is 2.71 bits per heavy atom. The van der Waals surface area contributed by atoms with E-state index in [9.17, 15) is 0 Å². The van der Waals surface area contributed by atoms with Crippen molar-refractivity contribution in [3.63, 3.8) is 0 Å². The van der Waals surface area contributed by atoms with E-state index >= 15 is 0 Å². The van der Waals surface area contributed by atoms with Crippen LogP contribution in [-0.4, -0.2) is 51.5 Å². The van der Waals surface area contributed by atoms with Crippen LogP contribution in [0.25, 0.3) is 33.3 Å². The monoisotopic (exact) mass is 411 g/mol. The molecule has 0 radical (unpaired) electrons. The van der Waals surface area contributed by atoms with Crippen LogP contribution in [0.4, 0.5) is 17.2 Å². The number of ether oxygens (including phenoxy) is 1. The van der Waals surface area contributed by atoms with Gasteiger partial charge in [-0.2, -0.15) is 5.10 Å². The zero-order valence-corrected chi connectivity index (χ0v) is 16.8. The Morgan fingerprint density at radius 1 is 0.968 bits per heavy atom. The lowest BCUT2D eigenvalue weighted by Gasteiger charge is -2.28. The maximum absolute atomic E-state index is 5.45. The highest BCUT2D eigenvalue weighted by atomic mass is 16.5. The van der Waals surface area contributed by atoms with Crippen molar-refractivity contribution in [2.45, 2.75) is 0 Å². The number of nitrogens with one attached hydrogen (secondary N) is 3. The van der Waals surface area contributed by atoms with Crippen LogP contribution in [0.15, 0.2) is 60.9 Å². The van der Waals surface area contributed by atoms with Crippen molar-refractivity contribution in [1.29, 1.82) is 0 Å². The molecule has 1 fully saturated rings. The number of fused-ring (bicyclic) bond motifs is 2. The van der Waals surface area contributed by atoms with Gasteiger partial charge in [0.2, 0.25) is 0 Å². The molecule has 0 unspecified atom stereocenters. The van der Waals surface area contributed by atoms with Crippen LogP contribution < -0.4 is 10.2 Å². The molecule has 6 rings (SSSR count). The lowest BCUT2D eigenvalue weighted by molar-refractivity contribution is 0.122. The minimum atomic E-state index is 0.663. The van der Waals surface area contributed by atoms with Gasteiger partial charge in [-0.1, -0.05) is 12.1 Å². The zero-order chi connectivity index (χ0) is 20.6. The lowest BCUT2D eigenvalue weighted by Crippen LogP contribution is -2.36. The van der Waals surface area contributed by atoms with Crippen molar-refractivity contribution >= 4 is 39.1 Å². The molecule has 3 N–H and O–H groups in total. The van der Waals surface area contributed by atoms with E-state index in [-0.39, 0.29) is 0 Å². The van der Waals surface area contributed by atoms with Gasteiger partial charge in [0, 0.05) is 41.6 Å². The summed E-state index contributed by atoms with van der Waals surface area (Å²) in [6, 6.07) is 16.5. The highest BCUT2D eigenvalue weighted by Crippen LogP contribution is 2.28. The summed E-state index contributed by atoms with van der Waals surface area (Å²) in [6.07, 6.45) is 3.69. The first-order valence-corrected chi connectivity index (χ1v) is 10.3. The van der Waals surface area contributed by atoms with Crippen LogP contribution in [0.1, 0.15) is 0 Å². The molecule has 1 aliphatic heterocycles. The van der Waals surface area contributed by atoms with E-state index in [1.54, 1.807) is 0 Å². The normalized spacial score (nSPS) is 14.4. The third-order valence-corrected chi connectivity index (χ3v) is 5.61. The Hall–Kier alpha value is -3.91. The first kappa shape index (κ1) is 17.9. The van der Waals surface area contributed by atoms with Gasteiger partial charge in [-0.15, -0.1) is 0 Å². The molecule has 1 saturated heterocycles. The molecule has 0 amide bonds. The van der Waals surface area contributed by atoms with Gasteiger partial charge in [-0.05, 0) is 36.4 Å². The number of morpholine rings is 1. The van der Waals surface area contributed by atoms with E-state index in [2.05, 4.69) is 49.7 Å². The van der Waals surface area contributed by atoms with Gasteiger partial charge in [0.25, 0.3) is 0 Å². The van der Waals surface area contributed by atoms with Crippen molar-refractivity contribution < 1.29 is 4.74 Å². The van der Waals surface area contributed by atoms with Crippen molar-refractivity contribution in [2.24, 2.45) is 0 Å². The van der Waals surface area contributed by atoms with Crippen LogP contribution in [0, 0.1) is 0 Å². The summed E-state index contributed by atoms with van der Waals surface area (Å²) in [5, 5.41) is 11.6. The Morgan fingerprint density at radius 2 is 1.84 bits per heavy atom. The summed E-state index contributed by atoms with van der Waals surface area (Å²) < 4.78 is 5.45. The second-order valence-electron chi connectivity index (χ2n) is 7.58. The summed E-state index contributed by atoms with van der Waals surface area (Å²) in [6.45, 7) is 3.40. The minimum absolute atomic E-state index is 0.663. The number of aromatic amines is 2. The standard InChI is InChI=1S/C23H21N7O/c1-2-16-14-25-29-20(16)13-15(1)22-27-19-7-8-24-21(19)23(28-22)26-17-3-5-18(6-4-17)30-9-11-31-12-10-30/h1-8,13-14,24H,9-12H2,(H,25,29)(H,26,27,28). The Bertz CT molecular complexity index is 1350. The topological polar surface area (TPSA) is 94.8 Å². The molecule has 4 heterocycles. The second-order valence-corrected chi connectivity index (χ2v) is 7.58. The highest BCUT2D eigenvalue weighted by molar-refractivity contribution is 5.90. The SMILES string of the molecule is c1cc2nc(-c3ccc4cn[nH]c4c3)nc(Nc3ccc(N4CCOCC4)cc3)c2[nH]1. The van der Waals surface area contributed by atoms with Crippen molar-refractivity contribution in [1.82, 2.24) is 25.1 Å². The third-order valence-electron chi connectivity index (χ3n) is 5.61. The predicted octanol–water partition coefficient (Wildman–Crippen LogP) is 4.08. The molecule has 0 atom stereocenters. The van der Waals surface area contributed by atoms with Gasteiger partial charge in [-0.3, -0.25) is 5.10 Å². The molecular weight excluding hydrogens is 390 g/mol. The summed E-state index contributed by atoms with van der Waals surface area (Å²) in [4.78, 5) is 15.2. The summed E-state index contributed by atoms with van der Waals surface area (Å²) in [5.74, 6) is 1.41. The Kier molecular flexibility index (Phi) is 4.28. The van der Waals surface area contributed by atoms with E-state index in [1.807, 2.05) is 36.7 Å². The number of benzene rings is 2. The molecule has 0 saturated carbocycles. The summed E-state index contributed by atoms with van der Waals surface area (Å²) in [7, 11) is 0. The minimum Gasteiger partial charge on any atom is -0.378 e. The van der Waals surface area contributed by atoms with E-state index in [0.717, 1.165) is 65.3 Å². The third kappa shape index (κ3) is 3.36. The largest absolute Gasteiger partial charge is 0.378 e. The van der Waals surface area contributed by atoms with Gasteiger partial charge in [0.1, 0.15) is 5.52 Å². The average Bonchev–Trinajstić information content (AvgIpc) is 3.49. The quantitative estimate of drug-likeness (QED) is 0.412.